The first-order valence-electron chi connectivity index (χ1n) is 7.91. The van der Waals surface area contributed by atoms with Gasteiger partial charge in [-0.2, -0.15) is 0 Å². The van der Waals surface area contributed by atoms with Crippen LogP contribution in [0.15, 0.2) is 18.2 Å². The predicted octanol–water partition coefficient (Wildman–Crippen LogP) is 2.82. The maximum Gasteiger partial charge on any atom is 0.256 e. The van der Waals surface area contributed by atoms with Gasteiger partial charge in [0, 0.05) is 19.3 Å². The Morgan fingerprint density at radius 1 is 1.33 bits per heavy atom. The molecule has 4 heteroatoms. The molecule has 1 aromatic carbocycles. The van der Waals surface area contributed by atoms with Crippen molar-refractivity contribution in [2.24, 2.45) is 0 Å². The van der Waals surface area contributed by atoms with Crippen molar-refractivity contribution in [3.8, 4) is 0 Å². The van der Waals surface area contributed by atoms with Crippen LogP contribution in [0.4, 0.5) is 5.69 Å². The Morgan fingerprint density at radius 2 is 2.14 bits per heavy atom. The van der Waals surface area contributed by atoms with Gasteiger partial charge in [-0.15, -0.1) is 0 Å². The molecule has 3 rings (SSSR count). The van der Waals surface area contributed by atoms with Crippen LogP contribution in [0.5, 0.6) is 0 Å². The van der Waals surface area contributed by atoms with E-state index in [-0.39, 0.29) is 18.1 Å². The van der Waals surface area contributed by atoms with Crippen LogP contribution in [0.1, 0.15) is 41.6 Å². The summed E-state index contributed by atoms with van der Waals surface area (Å²) in [6.07, 6.45) is 4.80. The Bertz CT molecular complexity index is 528. The van der Waals surface area contributed by atoms with Crippen molar-refractivity contribution in [1.29, 1.82) is 0 Å². The van der Waals surface area contributed by atoms with Gasteiger partial charge in [0.15, 0.2) is 0 Å². The van der Waals surface area contributed by atoms with E-state index in [0.717, 1.165) is 29.7 Å². The fourth-order valence-electron chi connectivity index (χ4n) is 3.56. The summed E-state index contributed by atoms with van der Waals surface area (Å²) in [7, 11) is 1.87. The van der Waals surface area contributed by atoms with E-state index in [1.54, 1.807) is 0 Å². The van der Waals surface area contributed by atoms with Gasteiger partial charge in [0.2, 0.25) is 0 Å². The van der Waals surface area contributed by atoms with E-state index in [1.165, 1.54) is 12.8 Å². The highest BCUT2D eigenvalue weighted by Crippen LogP contribution is 2.30. The molecular weight excluding hydrogens is 264 g/mol. The van der Waals surface area contributed by atoms with Gasteiger partial charge in [-0.05, 0) is 31.9 Å². The number of benzene rings is 1. The molecule has 1 saturated carbocycles. The van der Waals surface area contributed by atoms with Crippen molar-refractivity contribution in [2.45, 2.75) is 44.8 Å². The average Bonchev–Trinajstić information content (AvgIpc) is 2.53. The molecule has 1 aliphatic carbocycles. The normalized spacial score (nSPS) is 25.3. The van der Waals surface area contributed by atoms with Gasteiger partial charge in [0.1, 0.15) is 0 Å². The average molecular weight is 288 g/mol. The van der Waals surface area contributed by atoms with Gasteiger partial charge >= 0.3 is 0 Å². The molecule has 1 heterocycles. The molecule has 114 valence electrons. The number of hydrogen-bond donors (Lipinski definition) is 1. The zero-order valence-corrected chi connectivity index (χ0v) is 12.9. The SMILES string of the molecule is CNc1ccc(C)cc1C(=O)N1CCOC2CCCCC21. The Morgan fingerprint density at radius 3 is 2.95 bits per heavy atom. The third-order valence-electron chi connectivity index (χ3n) is 4.67. The third kappa shape index (κ3) is 2.77. The van der Waals surface area contributed by atoms with Crippen LogP contribution in [0.2, 0.25) is 0 Å². The summed E-state index contributed by atoms with van der Waals surface area (Å²) in [6.45, 7) is 3.39. The molecule has 0 radical (unpaired) electrons. The number of ether oxygens (including phenoxy) is 1. The molecule has 2 fully saturated rings. The summed E-state index contributed by atoms with van der Waals surface area (Å²) in [5.74, 6) is 0.142. The molecule has 2 aliphatic rings. The van der Waals surface area contributed by atoms with Crippen molar-refractivity contribution < 1.29 is 9.53 Å². The van der Waals surface area contributed by atoms with Crippen LogP contribution in [0.25, 0.3) is 0 Å². The molecule has 2 atom stereocenters. The van der Waals surface area contributed by atoms with Crippen LogP contribution in [-0.2, 0) is 4.74 Å². The first kappa shape index (κ1) is 14.4. The molecular formula is C17H24N2O2. The van der Waals surface area contributed by atoms with Crippen molar-refractivity contribution in [2.75, 3.05) is 25.5 Å². The second kappa shape index (κ2) is 6.06. The summed E-state index contributed by atoms with van der Waals surface area (Å²) in [6, 6.07) is 6.26. The van der Waals surface area contributed by atoms with Gasteiger partial charge in [0.25, 0.3) is 5.91 Å². The number of anilines is 1. The zero-order chi connectivity index (χ0) is 14.8. The van der Waals surface area contributed by atoms with Crippen LogP contribution < -0.4 is 5.32 Å². The summed E-state index contributed by atoms with van der Waals surface area (Å²) in [5.41, 5.74) is 2.80. The van der Waals surface area contributed by atoms with E-state index in [9.17, 15) is 4.79 Å². The predicted molar refractivity (Wildman–Crippen MR) is 83.8 cm³/mol. The maximum atomic E-state index is 13.0. The third-order valence-corrected chi connectivity index (χ3v) is 4.67. The largest absolute Gasteiger partial charge is 0.387 e. The number of morpholine rings is 1. The molecule has 1 amide bonds. The second-order valence-electron chi connectivity index (χ2n) is 6.06. The van der Waals surface area contributed by atoms with E-state index >= 15 is 0 Å². The molecule has 1 aromatic rings. The Kier molecular flexibility index (Phi) is 4.15. The quantitative estimate of drug-likeness (QED) is 0.910. The topological polar surface area (TPSA) is 41.6 Å². The number of aryl methyl sites for hydroxylation is 1. The molecule has 21 heavy (non-hydrogen) atoms. The van der Waals surface area contributed by atoms with E-state index < -0.39 is 0 Å². The van der Waals surface area contributed by atoms with Crippen molar-refractivity contribution >= 4 is 11.6 Å². The van der Waals surface area contributed by atoms with Crippen LogP contribution in [0, 0.1) is 6.92 Å². The molecule has 0 bridgehead atoms. The van der Waals surface area contributed by atoms with Crippen molar-refractivity contribution in [3.05, 3.63) is 29.3 Å². The fraction of sp³-hybridized carbons (Fsp3) is 0.588. The van der Waals surface area contributed by atoms with Crippen LogP contribution in [0.3, 0.4) is 0 Å². The maximum absolute atomic E-state index is 13.0. The monoisotopic (exact) mass is 288 g/mol. The number of rotatable bonds is 2. The molecule has 2 unspecified atom stereocenters. The number of hydrogen-bond acceptors (Lipinski definition) is 3. The lowest BCUT2D eigenvalue weighted by Gasteiger charge is -2.44. The number of amides is 1. The minimum absolute atomic E-state index is 0.142. The summed E-state index contributed by atoms with van der Waals surface area (Å²) >= 11 is 0. The summed E-state index contributed by atoms with van der Waals surface area (Å²) in [5, 5.41) is 3.14. The molecule has 0 spiro atoms. The standard InChI is InChI=1S/C17H24N2O2/c1-12-7-8-14(18-2)13(11-12)17(20)19-9-10-21-16-6-4-3-5-15(16)19/h7-8,11,15-16,18H,3-6,9-10H2,1-2H3. The lowest BCUT2D eigenvalue weighted by Crippen LogP contribution is -2.54. The molecule has 4 nitrogen and oxygen atoms in total. The first-order chi connectivity index (χ1) is 10.2. The van der Waals surface area contributed by atoms with E-state index in [1.807, 2.05) is 37.1 Å². The van der Waals surface area contributed by atoms with Gasteiger partial charge in [-0.25, -0.2) is 0 Å². The van der Waals surface area contributed by atoms with Gasteiger partial charge in [-0.1, -0.05) is 24.5 Å². The molecule has 1 N–H and O–H groups in total. The van der Waals surface area contributed by atoms with Crippen LogP contribution >= 0.6 is 0 Å². The number of carbonyl (C=O) groups is 1. The minimum atomic E-state index is 0.142. The zero-order valence-electron chi connectivity index (χ0n) is 12.9. The highest BCUT2D eigenvalue weighted by Gasteiger charge is 2.37. The van der Waals surface area contributed by atoms with Gasteiger partial charge in [-0.3, -0.25) is 4.79 Å². The second-order valence-corrected chi connectivity index (χ2v) is 6.06. The van der Waals surface area contributed by atoms with Crippen molar-refractivity contribution in [1.82, 2.24) is 4.90 Å². The van der Waals surface area contributed by atoms with Gasteiger partial charge < -0.3 is 15.0 Å². The Hall–Kier alpha value is -1.55. The minimum Gasteiger partial charge on any atom is -0.387 e. The lowest BCUT2D eigenvalue weighted by atomic mass is 9.89. The molecule has 1 aliphatic heterocycles. The Labute approximate surface area is 126 Å². The highest BCUT2D eigenvalue weighted by molar-refractivity contribution is 6.00. The van der Waals surface area contributed by atoms with Crippen molar-refractivity contribution in [3.63, 3.8) is 0 Å². The summed E-state index contributed by atoms with van der Waals surface area (Å²) in [4.78, 5) is 15.1. The molecule has 1 saturated heterocycles. The highest BCUT2D eigenvalue weighted by atomic mass is 16.5. The van der Waals surface area contributed by atoms with Gasteiger partial charge in [0.05, 0.1) is 24.3 Å². The number of nitrogens with one attached hydrogen (secondary N) is 1. The van der Waals surface area contributed by atoms with E-state index in [4.69, 9.17) is 4.74 Å². The Balaban J connectivity index is 1.88. The lowest BCUT2D eigenvalue weighted by molar-refractivity contribution is -0.0752. The summed E-state index contributed by atoms with van der Waals surface area (Å²) < 4.78 is 5.87. The number of carbonyl (C=O) groups excluding carboxylic acids is 1. The number of nitrogens with zero attached hydrogens (tertiary/aromatic N) is 1. The molecule has 0 aromatic heterocycles. The fourth-order valence-corrected chi connectivity index (χ4v) is 3.56. The number of fused-ring (bicyclic) bond motifs is 1. The van der Waals surface area contributed by atoms with E-state index in [2.05, 4.69) is 5.32 Å². The van der Waals surface area contributed by atoms with Crippen LogP contribution in [-0.4, -0.2) is 43.2 Å². The smallest absolute Gasteiger partial charge is 0.256 e. The first-order valence-corrected chi connectivity index (χ1v) is 7.91. The van der Waals surface area contributed by atoms with E-state index in [0.29, 0.717) is 13.2 Å².